The van der Waals surface area contributed by atoms with Crippen molar-refractivity contribution >= 4 is 17.0 Å². The lowest BCUT2D eigenvalue weighted by molar-refractivity contribution is 0.628. The fraction of sp³-hybridized carbons (Fsp3) is 0. The predicted octanol–water partition coefficient (Wildman–Crippen LogP) is 3.41. The number of benzene rings is 1. The van der Waals surface area contributed by atoms with E-state index in [0.29, 0.717) is 11.3 Å². The third kappa shape index (κ3) is 2.30. The van der Waals surface area contributed by atoms with Crippen molar-refractivity contribution in [2.75, 3.05) is 5.73 Å². The molecule has 6 heteroatoms. The first-order valence-electron chi connectivity index (χ1n) is 7.03. The molecule has 4 rings (SSSR count). The summed E-state index contributed by atoms with van der Waals surface area (Å²) < 4.78 is 13.6. The molecule has 0 unspecified atom stereocenters. The number of rotatable bonds is 2. The molecule has 0 aliphatic rings. The Morgan fingerprint density at radius 3 is 2.70 bits per heavy atom. The zero-order chi connectivity index (χ0) is 15.8. The second-order valence-corrected chi connectivity index (χ2v) is 5.09. The Hall–Kier alpha value is -3.28. The molecule has 0 radical (unpaired) electrons. The summed E-state index contributed by atoms with van der Waals surface area (Å²) in [4.78, 5) is 15.6. The number of nitrogens with two attached hydrogens (primary N) is 1. The third-order valence-corrected chi connectivity index (χ3v) is 3.66. The number of nitrogen functional groups attached to an aromatic ring is 1. The van der Waals surface area contributed by atoms with Crippen LogP contribution in [0, 0.1) is 5.82 Å². The fourth-order valence-corrected chi connectivity index (χ4v) is 2.68. The van der Waals surface area contributed by atoms with Crippen molar-refractivity contribution in [2.24, 2.45) is 0 Å². The molecule has 0 atom stereocenters. The summed E-state index contributed by atoms with van der Waals surface area (Å²) in [6.07, 6.45) is 5.12. The summed E-state index contributed by atoms with van der Waals surface area (Å²) in [7, 11) is 0. The molecule has 1 aromatic carbocycles. The number of hydrogen-bond donors (Lipinski definition) is 2. The zero-order valence-electron chi connectivity index (χ0n) is 12.0. The van der Waals surface area contributed by atoms with Gasteiger partial charge in [-0.2, -0.15) is 0 Å². The van der Waals surface area contributed by atoms with Gasteiger partial charge in [0, 0.05) is 29.5 Å². The first kappa shape index (κ1) is 13.4. The van der Waals surface area contributed by atoms with Gasteiger partial charge in [-0.1, -0.05) is 12.1 Å². The summed E-state index contributed by atoms with van der Waals surface area (Å²) in [5.74, 6) is -0.0797. The van der Waals surface area contributed by atoms with E-state index < -0.39 is 0 Å². The normalized spacial score (nSPS) is 11.0. The van der Waals surface area contributed by atoms with Crippen molar-refractivity contribution in [1.82, 2.24) is 19.9 Å². The lowest BCUT2D eigenvalue weighted by atomic mass is 10.00. The van der Waals surface area contributed by atoms with Crippen LogP contribution < -0.4 is 5.73 Å². The van der Waals surface area contributed by atoms with Crippen molar-refractivity contribution in [2.45, 2.75) is 0 Å². The lowest BCUT2D eigenvalue weighted by Gasteiger charge is -2.06. The van der Waals surface area contributed by atoms with Gasteiger partial charge in [-0.15, -0.1) is 0 Å². The van der Waals surface area contributed by atoms with Crippen LogP contribution in [0.25, 0.3) is 33.4 Å². The van der Waals surface area contributed by atoms with Crippen LogP contribution in [0.3, 0.4) is 0 Å². The molecule has 5 nitrogen and oxygen atoms in total. The number of aromatic amines is 1. The van der Waals surface area contributed by atoms with Crippen molar-refractivity contribution < 1.29 is 4.39 Å². The smallest absolute Gasteiger partial charge is 0.220 e. The van der Waals surface area contributed by atoms with E-state index in [2.05, 4.69) is 19.9 Å². The molecule has 0 aliphatic carbocycles. The first-order chi connectivity index (χ1) is 11.2. The summed E-state index contributed by atoms with van der Waals surface area (Å²) in [6.45, 7) is 0. The van der Waals surface area contributed by atoms with Gasteiger partial charge >= 0.3 is 0 Å². The average Bonchev–Trinajstić information content (AvgIpc) is 2.99. The van der Waals surface area contributed by atoms with Crippen LogP contribution in [0.15, 0.2) is 55.0 Å². The van der Waals surface area contributed by atoms with E-state index in [9.17, 15) is 4.39 Å². The maximum atomic E-state index is 13.6. The number of nitrogens with one attached hydrogen (secondary N) is 1. The van der Waals surface area contributed by atoms with Crippen molar-refractivity contribution in [3.8, 4) is 22.4 Å². The van der Waals surface area contributed by atoms with Gasteiger partial charge in [0.25, 0.3) is 0 Å². The Bertz CT molecular complexity index is 1010. The molecule has 0 saturated carbocycles. The molecule has 0 amide bonds. The average molecular weight is 305 g/mol. The largest absolute Gasteiger partial charge is 0.368 e. The Morgan fingerprint density at radius 2 is 1.87 bits per heavy atom. The minimum atomic E-state index is -0.282. The Balaban J connectivity index is 2.01. The van der Waals surface area contributed by atoms with Crippen LogP contribution in [0.1, 0.15) is 0 Å². The lowest BCUT2D eigenvalue weighted by Crippen LogP contribution is -1.95. The van der Waals surface area contributed by atoms with Crippen LogP contribution in [0.5, 0.6) is 0 Å². The van der Waals surface area contributed by atoms with Gasteiger partial charge in [0.2, 0.25) is 5.95 Å². The van der Waals surface area contributed by atoms with E-state index in [-0.39, 0.29) is 11.8 Å². The second-order valence-electron chi connectivity index (χ2n) is 5.09. The number of halogens is 1. The number of aromatic nitrogens is 4. The molecule has 3 heterocycles. The van der Waals surface area contributed by atoms with Crippen LogP contribution in [-0.2, 0) is 0 Å². The van der Waals surface area contributed by atoms with Gasteiger partial charge in [0.05, 0.1) is 5.69 Å². The minimum absolute atomic E-state index is 0.202. The van der Waals surface area contributed by atoms with Gasteiger partial charge in [0.15, 0.2) is 0 Å². The molecule has 0 saturated heterocycles. The molecular weight excluding hydrogens is 293 g/mol. The van der Waals surface area contributed by atoms with E-state index in [0.717, 1.165) is 22.1 Å². The molecule has 0 bridgehead atoms. The van der Waals surface area contributed by atoms with E-state index in [1.165, 1.54) is 12.1 Å². The number of H-pyrrole nitrogens is 1. The van der Waals surface area contributed by atoms with Gasteiger partial charge in [0.1, 0.15) is 11.5 Å². The summed E-state index contributed by atoms with van der Waals surface area (Å²) in [5, 5.41) is 0.871. The van der Waals surface area contributed by atoms with Crippen molar-refractivity contribution in [3.05, 3.63) is 60.8 Å². The summed E-state index contributed by atoms with van der Waals surface area (Å²) in [6, 6.07) is 10.1. The SMILES string of the molecule is Nc1nccc(-c2c[nH]c3nccc(-c4cccc(F)c4)c23)n1. The van der Waals surface area contributed by atoms with Crippen LogP contribution in [0.2, 0.25) is 0 Å². The predicted molar refractivity (Wildman–Crippen MR) is 86.9 cm³/mol. The highest BCUT2D eigenvalue weighted by Gasteiger charge is 2.14. The van der Waals surface area contributed by atoms with E-state index in [4.69, 9.17) is 5.73 Å². The van der Waals surface area contributed by atoms with E-state index in [1.807, 2.05) is 18.3 Å². The van der Waals surface area contributed by atoms with Crippen LogP contribution in [-0.4, -0.2) is 19.9 Å². The standard InChI is InChI=1S/C17H12FN5/c18-11-3-1-2-10(8-11)12-4-6-20-16-15(12)13(9-22-16)14-5-7-21-17(19)23-14/h1-9H,(H,20,22)(H2,19,21,23). The molecular formula is C17H12FN5. The fourth-order valence-electron chi connectivity index (χ4n) is 2.68. The van der Waals surface area contributed by atoms with Gasteiger partial charge in [-0.05, 0) is 35.4 Å². The summed E-state index contributed by atoms with van der Waals surface area (Å²) in [5.41, 5.74) is 9.58. The Labute approximate surface area is 131 Å². The summed E-state index contributed by atoms with van der Waals surface area (Å²) >= 11 is 0. The molecule has 4 aromatic rings. The van der Waals surface area contributed by atoms with Crippen LogP contribution >= 0.6 is 0 Å². The Kier molecular flexibility index (Phi) is 3.01. The maximum absolute atomic E-state index is 13.6. The molecule has 23 heavy (non-hydrogen) atoms. The highest BCUT2D eigenvalue weighted by Crippen LogP contribution is 2.34. The number of fused-ring (bicyclic) bond motifs is 1. The molecule has 0 fully saturated rings. The first-order valence-corrected chi connectivity index (χ1v) is 7.03. The second kappa shape index (κ2) is 5.17. The number of anilines is 1. The maximum Gasteiger partial charge on any atom is 0.220 e. The van der Waals surface area contributed by atoms with E-state index >= 15 is 0 Å². The van der Waals surface area contributed by atoms with Gasteiger partial charge < -0.3 is 10.7 Å². The number of pyridine rings is 1. The van der Waals surface area contributed by atoms with Gasteiger partial charge in [-0.3, -0.25) is 0 Å². The Morgan fingerprint density at radius 1 is 1.00 bits per heavy atom. The monoisotopic (exact) mass is 305 g/mol. The highest BCUT2D eigenvalue weighted by molar-refractivity contribution is 6.03. The zero-order valence-corrected chi connectivity index (χ0v) is 12.0. The molecule has 112 valence electrons. The van der Waals surface area contributed by atoms with Gasteiger partial charge in [-0.25, -0.2) is 19.3 Å². The quantitative estimate of drug-likeness (QED) is 0.594. The third-order valence-electron chi connectivity index (χ3n) is 3.66. The van der Waals surface area contributed by atoms with E-state index in [1.54, 1.807) is 24.5 Å². The molecule has 3 aromatic heterocycles. The topological polar surface area (TPSA) is 80.5 Å². The molecule has 3 N–H and O–H groups in total. The number of hydrogen-bond acceptors (Lipinski definition) is 4. The van der Waals surface area contributed by atoms with Crippen molar-refractivity contribution in [1.29, 1.82) is 0 Å². The molecule has 0 aliphatic heterocycles. The number of nitrogens with zero attached hydrogens (tertiary/aromatic N) is 3. The minimum Gasteiger partial charge on any atom is -0.368 e. The van der Waals surface area contributed by atoms with Crippen LogP contribution in [0.4, 0.5) is 10.3 Å². The molecule has 0 spiro atoms. The van der Waals surface area contributed by atoms with Crippen molar-refractivity contribution in [3.63, 3.8) is 0 Å². The highest BCUT2D eigenvalue weighted by atomic mass is 19.1.